The van der Waals surface area contributed by atoms with Crippen molar-refractivity contribution in [3.63, 3.8) is 0 Å². The van der Waals surface area contributed by atoms with Gasteiger partial charge >= 0.3 is 0 Å². The lowest BCUT2D eigenvalue weighted by Crippen LogP contribution is -2.10. The molecule has 2 rings (SSSR count). The second-order valence-corrected chi connectivity index (χ2v) is 4.23. The second-order valence-electron chi connectivity index (χ2n) is 3.58. The molecule has 0 amide bonds. The van der Waals surface area contributed by atoms with E-state index in [0.717, 1.165) is 0 Å². The van der Waals surface area contributed by atoms with Crippen molar-refractivity contribution < 1.29 is 8.78 Å². The van der Waals surface area contributed by atoms with Gasteiger partial charge in [-0.1, -0.05) is 12.1 Å². The van der Waals surface area contributed by atoms with Crippen LogP contribution >= 0.6 is 11.6 Å². The third-order valence-corrected chi connectivity index (χ3v) is 2.56. The molecular formula is C11H11ClF2N2. The summed E-state index contributed by atoms with van der Waals surface area (Å²) in [5, 5.41) is -0.383. The molecule has 1 unspecified atom stereocenters. The smallest absolute Gasteiger partial charge is 0.256 e. The van der Waals surface area contributed by atoms with Crippen molar-refractivity contribution in [2.75, 3.05) is 0 Å². The number of aromatic nitrogens is 2. The highest BCUT2D eigenvalue weighted by Gasteiger charge is 2.17. The summed E-state index contributed by atoms with van der Waals surface area (Å²) in [6, 6.07) is 7.19. The summed E-state index contributed by atoms with van der Waals surface area (Å²) in [6.45, 7) is 1.36. The fourth-order valence-electron chi connectivity index (χ4n) is 1.73. The van der Waals surface area contributed by atoms with Crippen LogP contribution in [0.25, 0.3) is 11.0 Å². The molecule has 0 aliphatic rings. The number of rotatable bonds is 3. The number of imidazole rings is 1. The van der Waals surface area contributed by atoms with Gasteiger partial charge in [-0.3, -0.25) is 0 Å². The van der Waals surface area contributed by atoms with E-state index in [1.165, 1.54) is 4.57 Å². The van der Waals surface area contributed by atoms with Gasteiger partial charge in [-0.25, -0.2) is 13.8 Å². The molecule has 16 heavy (non-hydrogen) atoms. The number of nitrogens with zero attached hydrogens (tertiary/aromatic N) is 2. The highest BCUT2D eigenvalue weighted by atomic mass is 35.5. The van der Waals surface area contributed by atoms with Gasteiger partial charge in [0, 0.05) is 0 Å². The van der Waals surface area contributed by atoms with Gasteiger partial charge < -0.3 is 4.57 Å². The number of hydrogen-bond acceptors (Lipinski definition) is 1. The minimum atomic E-state index is -2.41. The van der Waals surface area contributed by atoms with Gasteiger partial charge in [-0.05, 0) is 19.1 Å². The molecule has 2 aromatic rings. The predicted octanol–water partition coefficient (Wildman–Crippen LogP) is 3.60. The lowest BCUT2D eigenvalue weighted by molar-refractivity contribution is 0.127. The van der Waals surface area contributed by atoms with E-state index in [9.17, 15) is 8.78 Å². The summed E-state index contributed by atoms with van der Waals surface area (Å²) in [4.78, 5) is 4.26. The lowest BCUT2D eigenvalue weighted by atomic mass is 10.3. The van der Waals surface area contributed by atoms with Gasteiger partial charge in [0.2, 0.25) is 0 Å². The molecule has 86 valence electrons. The van der Waals surface area contributed by atoms with Crippen LogP contribution in [0.4, 0.5) is 8.78 Å². The average Bonchev–Trinajstić information content (AvgIpc) is 2.57. The van der Waals surface area contributed by atoms with Crippen LogP contribution in [0.2, 0.25) is 0 Å². The molecule has 1 aromatic heterocycles. The average molecular weight is 245 g/mol. The van der Waals surface area contributed by atoms with E-state index < -0.39 is 6.43 Å². The van der Waals surface area contributed by atoms with E-state index in [4.69, 9.17) is 11.6 Å². The van der Waals surface area contributed by atoms with E-state index >= 15 is 0 Å². The number of benzene rings is 1. The molecule has 1 heterocycles. The van der Waals surface area contributed by atoms with Crippen LogP contribution in [-0.4, -0.2) is 16.0 Å². The van der Waals surface area contributed by atoms with Crippen LogP contribution < -0.4 is 0 Å². The summed E-state index contributed by atoms with van der Waals surface area (Å²) < 4.78 is 26.4. The van der Waals surface area contributed by atoms with Gasteiger partial charge in [0.15, 0.2) is 0 Å². The highest BCUT2D eigenvalue weighted by molar-refractivity contribution is 6.20. The van der Waals surface area contributed by atoms with Gasteiger partial charge in [-0.15, -0.1) is 11.6 Å². The maximum absolute atomic E-state index is 12.5. The number of para-hydroxylation sites is 2. The van der Waals surface area contributed by atoms with Gasteiger partial charge in [0.1, 0.15) is 5.82 Å². The van der Waals surface area contributed by atoms with Crippen LogP contribution in [0, 0.1) is 0 Å². The predicted molar refractivity (Wildman–Crippen MR) is 60.0 cm³/mol. The molecule has 0 aliphatic heterocycles. The first-order valence-electron chi connectivity index (χ1n) is 4.97. The SMILES string of the molecule is CC(Cl)c1nc2ccccc2n1CC(F)F. The number of halogens is 3. The Morgan fingerprint density at radius 3 is 2.69 bits per heavy atom. The van der Waals surface area contributed by atoms with Gasteiger partial charge in [-0.2, -0.15) is 0 Å². The van der Waals surface area contributed by atoms with Crippen molar-refractivity contribution in [1.82, 2.24) is 9.55 Å². The molecule has 0 N–H and O–H groups in total. The van der Waals surface area contributed by atoms with Crippen molar-refractivity contribution in [2.24, 2.45) is 0 Å². The first-order valence-corrected chi connectivity index (χ1v) is 5.40. The molecule has 0 radical (unpaired) electrons. The second kappa shape index (κ2) is 4.37. The highest BCUT2D eigenvalue weighted by Crippen LogP contribution is 2.25. The Labute approximate surface area is 96.8 Å². The van der Waals surface area contributed by atoms with Gasteiger partial charge in [0.05, 0.1) is 23.0 Å². The fourth-order valence-corrected chi connectivity index (χ4v) is 1.89. The zero-order valence-corrected chi connectivity index (χ0v) is 9.46. The van der Waals surface area contributed by atoms with Crippen molar-refractivity contribution in [3.05, 3.63) is 30.1 Å². The Balaban J connectivity index is 2.60. The normalized spacial score (nSPS) is 13.6. The molecule has 0 fully saturated rings. The Morgan fingerprint density at radius 2 is 2.06 bits per heavy atom. The lowest BCUT2D eigenvalue weighted by Gasteiger charge is -2.09. The minimum absolute atomic E-state index is 0.368. The molecule has 1 atom stereocenters. The van der Waals surface area contributed by atoms with Crippen molar-refractivity contribution in [1.29, 1.82) is 0 Å². The maximum Gasteiger partial charge on any atom is 0.256 e. The zero-order chi connectivity index (χ0) is 11.7. The molecule has 1 aromatic carbocycles. The maximum atomic E-state index is 12.5. The van der Waals surface area contributed by atoms with Crippen LogP contribution in [0.1, 0.15) is 18.1 Å². The van der Waals surface area contributed by atoms with Crippen LogP contribution in [0.5, 0.6) is 0 Å². The van der Waals surface area contributed by atoms with Crippen molar-refractivity contribution >= 4 is 22.6 Å². The van der Waals surface area contributed by atoms with Gasteiger partial charge in [0.25, 0.3) is 6.43 Å². The summed E-state index contributed by atoms with van der Waals surface area (Å²) in [5.74, 6) is 0.489. The Bertz CT molecular complexity index is 494. The van der Waals surface area contributed by atoms with Crippen LogP contribution in [0.15, 0.2) is 24.3 Å². The summed E-state index contributed by atoms with van der Waals surface area (Å²) in [6.07, 6.45) is -2.41. The number of fused-ring (bicyclic) bond motifs is 1. The first kappa shape index (κ1) is 11.3. The first-order chi connectivity index (χ1) is 7.59. The standard InChI is InChI=1S/C11H11ClF2N2/c1-7(12)11-15-8-4-2-3-5-9(8)16(11)6-10(13)14/h2-5,7,10H,6H2,1H3. The third kappa shape index (κ3) is 2.02. The number of alkyl halides is 3. The third-order valence-electron chi connectivity index (χ3n) is 2.36. The van der Waals surface area contributed by atoms with Crippen LogP contribution in [0.3, 0.4) is 0 Å². The molecule has 0 saturated heterocycles. The molecule has 0 spiro atoms. The molecule has 2 nitrogen and oxygen atoms in total. The van der Waals surface area contributed by atoms with E-state index in [-0.39, 0.29) is 11.9 Å². The minimum Gasteiger partial charge on any atom is -0.321 e. The monoisotopic (exact) mass is 244 g/mol. The fraction of sp³-hybridized carbons (Fsp3) is 0.364. The van der Waals surface area contributed by atoms with Crippen LogP contribution in [-0.2, 0) is 6.54 Å². The van der Waals surface area contributed by atoms with E-state index in [0.29, 0.717) is 16.9 Å². The quantitative estimate of drug-likeness (QED) is 0.755. The largest absolute Gasteiger partial charge is 0.321 e. The topological polar surface area (TPSA) is 17.8 Å². The molecule has 0 bridgehead atoms. The molecule has 0 aliphatic carbocycles. The summed E-state index contributed by atoms with van der Waals surface area (Å²) in [7, 11) is 0. The molecule has 5 heteroatoms. The van der Waals surface area contributed by atoms with E-state index in [1.54, 1.807) is 25.1 Å². The Morgan fingerprint density at radius 1 is 1.38 bits per heavy atom. The molecular weight excluding hydrogens is 234 g/mol. The summed E-state index contributed by atoms with van der Waals surface area (Å²) >= 11 is 5.93. The Hall–Kier alpha value is -1.16. The van der Waals surface area contributed by atoms with Crippen molar-refractivity contribution in [2.45, 2.75) is 25.3 Å². The van der Waals surface area contributed by atoms with E-state index in [2.05, 4.69) is 4.98 Å². The Kier molecular flexibility index (Phi) is 3.10. The zero-order valence-electron chi connectivity index (χ0n) is 8.70. The number of hydrogen-bond donors (Lipinski definition) is 0. The van der Waals surface area contributed by atoms with Crippen molar-refractivity contribution in [3.8, 4) is 0 Å². The molecule has 0 saturated carbocycles. The van der Waals surface area contributed by atoms with E-state index in [1.807, 2.05) is 6.07 Å². The summed E-state index contributed by atoms with van der Waals surface area (Å²) in [5.41, 5.74) is 1.40.